The third kappa shape index (κ3) is 2.76. The van der Waals surface area contributed by atoms with E-state index in [1.807, 2.05) is 5.38 Å². The normalized spacial score (nSPS) is 10.4. The molecule has 0 aliphatic heterocycles. The minimum atomic E-state index is -0.446. The molecular weight excluding hydrogens is 230 g/mol. The molecule has 2 rings (SSSR count). The third-order valence-corrected chi connectivity index (χ3v) is 2.91. The number of hydrogen-bond acceptors (Lipinski definition) is 3. The first-order chi connectivity index (χ1) is 7.75. The van der Waals surface area contributed by atoms with E-state index in [4.69, 9.17) is 0 Å². The number of thiazole rings is 1. The van der Waals surface area contributed by atoms with Crippen molar-refractivity contribution in [1.82, 2.24) is 4.98 Å². The largest absolute Gasteiger partial charge is 0.382 e. The highest BCUT2D eigenvalue weighted by atomic mass is 32.1. The molecule has 84 valence electrons. The molecule has 16 heavy (non-hydrogen) atoms. The lowest BCUT2D eigenvalue weighted by Crippen LogP contribution is -2.06. The summed E-state index contributed by atoms with van der Waals surface area (Å²) in [4.78, 5) is 4.10. The molecule has 2 aromatic rings. The number of anilines is 1. The molecule has 0 amide bonds. The van der Waals surface area contributed by atoms with E-state index in [0.717, 1.165) is 23.2 Å². The Morgan fingerprint density at radius 2 is 2.19 bits per heavy atom. The smallest absolute Gasteiger partial charge is 0.146 e. The van der Waals surface area contributed by atoms with Crippen molar-refractivity contribution in [2.75, 3.05) is 11.9 Å². The Morgan fingerprint density at radius 3 is 2.94 bits per heavy atom. The zero-order valence-corrected chi connectivity index (χ0v) is 9.23. The lowest BCUT2D eigenvalue weighted by atomic mass is 10.3. The molecule has 0 unspecified atom stereocenters. The quantitative estimate of drug-likeness (QED) is 0.888. The predicted molar refractivity (Wildman–Crippen MR) is 60.7 cm³/mol. The van der Waals surface area contributed by atoms with Gasteiger partial charge in [0.05, 0.1) is 10.7 Å². The molecule has 1 heterocycles. The van der Waals surface area contributed by atoms with Gasteiger partial charge in [-0.25, -0.2) is 13.8 Å². The fourth-order valence-electron chi connectivity index (χ4n) is 1.31. The Bertz CT molecular complexity index is 457. The molecule has 0 bridgehead atoms. The van der Waals surface area contributed by atoms with Crippen LogP contribution in [0.25, 0.3) is 0 Å². The van der Waals surface area contributed by atoms with Crippen molar-refractivity contribution in [2.24, 2.45) is 0 Å². The molecule has 1 aromatic heterocycles. The lowest BCUT2D eigenvalue weighted by Gasteiger charge is -2.06. The molecule has 0 saturated carbocycles. The Kier molecular flexibility index (Phi) is 3.46. The van der Waals surface area contributed by atoms with Crippen LogP contribution in [0.2, 0.25) is 0 Å². The highest BCUT2D eigenvalue weighted by molar-refractivity contribution is 7.09. The van der Waals surface area contributed by atoms with Crippen LogP contribution in [0.5, 0.6) is 0 Å². The van der Waals surface area contributed by atoms with Crippen LogP contribution in [-0.2, 0) is 6.42 Å². The third-order valence-electron chi connectivity index (χ3n) is 2.07. The van der Waals surface area contributed by atoms with Gasteiger partial charge in [0.15, 0.2) is 0 Å². The van der Waals surface area contributed by atoms with Crippen molar-refractivity contribution in [3.63, 3.8) is 0 Å². The highest BCUT2D eigenvalue weighted by Gasteiger charge is 2.03. The van der Waals surface area contributed by atoms with Gasteiger partial charge in [-0.05, 0) is 18.2 Å². The zero-order valence-electron chi connectivity index (χ0n) is 8.41. The monoisotopic (exact) mass is 240 g/mol. The number of benzene rings is 1. The minimum Gasteiger partial charge on any atom is -0.382 e. The Hall–Kier alpha value is -1.49. The van der Waals surface area contributed by atoms with E-state index in [2.05, 4.69) is 10.3 Å². The number of rotatable bonds is 4. The SMILES string of the molecule is Fc1ccc(F)c(NCCc2nccs2)c1. The number of aromatic nitrogens is 1. The number of hydrogen-bond donors (Lipinski definition) is 1. The van der Waals surface area contributed by atoms with E-state index >= 15 is 0 Å². The average molecular weight is 240 g/mol. The first-order valence-electron chi connectivity index (χ1n) is 4.83. The Labute approximate surface area is 96.0 Å². The second kappa shape index (κ2) is 5.03. The van der Waals surface area contributed by atoms with E-state index < -0.39 is 11.6 Å². The summed E-state index contributed by atoms with van der Waals surface area (Å²) in [6.45, 7) is 0.536. The van der Waals surface area contributed by atoms with E-state index in [1.165, 1.54) is 0 Å². The lowest BCUT2D eigenvalue weighted by molar-refractivity contribution is 0.602. The van der Waals surface area contributed by atoms with E-state index in [-0.39, 0.29) is 5.69 Å². The van der Waals surface area contributed by atoms with Gasteiger partial charge in [-0.2, -0.15) is 0 Å². The van der Waals surface area contributed by atoms with Crippen LogP contribution in [0, 0.1) is 11.6 Å². The number of nitrogens with one attached hydrogen (secondary N) is 1. The standard InChI is InChI=1S/C11H10F2N2S/c12-8-1-2-9(13)10(7-8)14-4-3-11-15-5-6-16-11/h1-2,5-7,14H,3-4H2. The van der Waals surface area contributed by atoms with Gasteiger partial charge in [-0.1, -0.05) is 0 Å². The van der Waals surface area contributed by atoms with Crippen molar-refractivity contribution >= 4 is 17.0 Å². The maximum atomic E-state index is 13.2. The molecule has 2 nitrogen and oxygen atoms in total. The minimum absolute atomic E-state index is 0.191. The summed E-state index contributed by atoms with van der Waals surface area (Å²) in [5.74, 6) is -0.890. The van der Waals surface area contributed by atoms with Gasteiger partial charge in [0.25, 0.3) is 0 Å². The molecule has 5 heteroatoms. The van der Waals surface area contributed by atoms with E-state index in [9.17, 15) is 8.78 Å². The second-order valence-electron chi connectivity index (χ2n) is 3.23. The molecule has 1 N–H and O–H groups in total. The molecule has 0 fully saturated rings. The summed E-state index contributed by atoms with van der Waals surface area (Å²) in [5, 5.41) is 5.71. The summed E-state index contributed by atoms with van der Waals surface area (Å²) in [7, 11) is 0. The molecular formula is C11H10F2N2S. The van der Waals surface area contributed by atoms with Gasteiger partial charge in [-0.3, -0.25) is 0 Å². The maximum absolute atomic E-state index is 13.2. The van der Waals surface area contributed by atoms with Gasteiger partial charge in [0.2, 0.25) is 0 Å². The van der Waals surface area contributed by atoms with Crippen molar-refractivity contribution in [3.8, 4) is 0 Å². The number of nitrogens with zero attached hydrogens (tertiary/aromatic N) is 1. The van der Waals surface area contributed by atoms with Crippen LogP contribution in [-0.4, -0.2) is 11.5 Å². The predicted octanol–water partition coefficient (Wildman–Crippen LogP) is 3.08. The maximum Gasteiger partial charge on any atom is 0.146 e. The van der Waals surface area contributed by atoms with E-state index in [1.54, 1.807) is 17.5 Å². The molecule has 0 aliphatic carbocycles. The van der Waals surface area contributed by atoms with Crippen LogP contribution < -0.4 is 5.32 Å². The van der Waals surface area contributed by atoms with E-state index in [0.29, 0.717) is 13.0 Å². The van der Waals surface area contributed by atoms with Crippen LogP contribution in [0.4, 0.5) is 14.5 Å². The molecule has 1 aromatic carbocycles. The molecule has 0 atom stereocenters. The molecule has 0 spiro atoms. The Morgan fingerprint density at radius 1 is 1.31 bits per heavy atom. The highest BCUT2D eigenvalue weighted by Crippen LogP contribution is 2.15. The van der Waals surface area contributed by atoms with Crippen molar-refractivity contribution in [3.05, 3.63) is 46.4 Å². The van der Waals surface area contributed by atoms with Crippen molar-refractivity contribution in [2.45, 2.75) is 6.42 Å². The molecule has 0 aliphatic rings. The first-order valence-corrected chi connectivity index (χ1v) is 5.71. The van der Waals surface area contributed by atoms with Gasteiger partial charge < -0.3 is 5.32 Å². The molecule has 0 radical (unpaired) electrons. The van der Waals surface area contributed by atoms with Crippen molar-refractivity contribution in [1.29, 1.82) is 0 Å². The fourth-order valence-corrected chi connectivity index (χ4v) is 1.93. The van der Waals surface area contributed by atoms with Gasteiger partial charge in [0.1, 0.15) is 11.6 Å². The summed E-state index contributed by atoms with van der Waals surface area (Å²) >= 11 is 1.55. The Balaban J connectivity index is 1.92. The van der Waals surface area contributed by atoms with Crippen LogP contribution >= 0.6 is 11.3 Å². The average Bonchev–Trinajstić information content (AvgIpc) is 2.76. The second-order valence-corrected chi connectivity index (χ2v) is 4.21. The van der Waals surface area contributed by atoms with Crippen LogP contribution in [0.3, 0.4) is 0 Å². The summed E-state index contributed by atoms with van der Waals surface area (Å²) in [6, 6.07) is 3.36. The summed E-state index contributed by atoms with van der Waals surface area (Å²) in [5.41, 5.74) is 0.191. The fraction of sp³-hybridized carbons (Fsp3) is 0.182. The van der Waals surface area contributed by atoms with Crippen molar-refractivity contribution < 1.29 is 8.78 Å². The summed E-state index contributed by atoms with van der Waals surface area (Å²) < 4.78 is 26.0. The van der Waals surface area contributed by atoms with Gasteiger partial charge in [0, 0.05) is 24.5 Å². The van der Waals surface area contributed by atoms with Crippen LogP contribution in [0.15, 0.2) is 29.8 Å². The topological polar surface area (TPSA) is 24.9 Å². The summed E-state index contributed by atoms with van der Waals surface area (Å²) in [6.07, 6.45) is 2.43. The molecule has 0 saturated heterocycles. The van der Waals surface area contributed by atoms with Gasteiger partial charge >= 0.3 is 0 Å². The van der Waals surface area contributed by atoms with Crippen LogP contribution in [0.1, 0.15) is 5.01 Å². The number of halogens is 2. The first kappa shape index (κ1) is 11.0. The zero-order chi connectivity index (χ0) is 11.4. The van der Waals surface area contributed by atoms with Gasteiger partial charge in [-0.15, -0.1) is 11.3 Å².